The zero-order chi connectivity index (χ0) is 16.6. The molecule has 0 bridgehead atoms. The highest BCUT2D eigenvalue weighted by Crippen LogP contribution is 2.39. The second kappa shape index (κ2) is 8.96. The highest BCUT2D eigenvalue weighted by molar-refractivity contribution is 5.80. The number of hydrogen-bond acceptors (Lipinski definition) is 3. The van der Waals surface area contributed by atoms with E-state index in [0.717, 1.165) is 12.8 Å². The highest BCUT2D eigenvalue weighted by Gasteiger charge is 2.41. The van der Waals surface area contributed by atoms with Crippen molar-refractivity contribution >= 4 is 11.9 Å². The van der Waals surface area contributed by atoms with Crippen molar-refractivity contribution in [2.24, 2.45) is 17.3 Å². The summed E-state index contributed by atoms with van der Waals surface area (Å²) in [5.74, 6) is -1.44. The first kappa shape index (κ1) is 18.7. The van der Waals surface area contributed by atoms with Crippen molar-refractivity contribution in [3.63, 3.8) is 0 Å². The maximum atomic E-state index is 12.0. The second-order valence-electron chi connectivity index (χ2n) is 6.63. The molecule has 0 aromatic heterocycles. The van der Waals surface area contributed by atoms with E-state index in [-0.39, 0.29) is 17.8 Å². The lowest BCUT2D eigenvalue weighted by Gasteiger charge is -2.34. The normalized spacial score (nSPS) is 27.6. The first-order valence-corrected chi connectivity index (χ1v) is 8.51. The molecule has 0 fully saturated rings. The van der Waals surface area contributed by atoms with Crippen LogP contribution in [0.5, 0.6) is 0 Å². The molecule has 126 valence electrons. The van der Waals surface area contributed by atoms with E-state index in [4.69, 9.17) is 4.74 Å². The summed E-state index contributed by atoms with van der Waals surface area (Å²) >= 11 is 0. The molecule has 0 radical (unpaired) electrons. The van der Waals surface area contributed by atoms with Gasteiger partial charge in [-0.1, -0.05) is 58.1 Å². The molecule has 0 saturated heterocycles. The van der Waals surface area contributed by atoms with Gasteiger partial charge in [0.1, 0.15) is 0 Å². The molecular weight excluding hydrogens is 280 g/mol. The maximum absolute atomic E-state index is 12.0. The van der Waals surface area contributed by atoms with Crippen molar-refractivity contribution in [3.8, 4) is 0 Å². The molecule has 0 aromatic rings. The Kier molecular flexibility index (Phi) is 7.63. The lowest BCUT2D eigenvalue weighted by Crippen LogP contribution is -2.38. The molecule has 0 saturated carbocycles. The van der Waals surface area contributed by atoms with Crippen LogP contribution in [0.15, 0.2) is 12.2 Å². The number of carboxylic acids is 1. The van der Waals surface area contributed by atoms with Gasteiger partial charge in [0.2, 0.25) is 0 Å². The van der Waals surface area contributed by atoms with Crippen molar-refractivity contribution in [2.45, 2.75) is 65.7 Å². The summed E-state index contributed by atoms with van der Waals surface area (Å²) in [4.78, 5) is 23.4. The molecule has 0 spiro atoms. The molecule has 1 rings (SSSR count). The lowest BCUT2D eigenvalue weighted by atomic mass is 9.69. The summed E-state index contributed by atoms with van der Waals surface area (Å²) in [7, 11) is 0. The number of carbonyl (C=O) groups excluding carboxylic acids is 1. The standard InChI is InChI=1S/C18H30O4/c1-4-5-6-7-8-9-12-22-16(19)15-10-11-18(3,17(20)21)14(2)13-15/h10-11,14-15H,4-9,12-13H2,1-3H3,(H,20,21). The number of carboxylic acid groups (broad SMARTS) is 1. The van der Waals surface area contributed by atoms with E-state index < -0.39 is 11.4 Å². The topological polar surface area (TPSA) is 63.6 Å². The van der Waals surface area contributed by atoms with Crippen LogP contribution in [0.25, 0.3) is 0 Å². The van der Waals surface area contributed by atoms with Crippen LogP contribution >= 0.6 is 0 Å². The molecule has 0 heterocycles. The van der Waals surface area contributed by atoms with Gasteiger partial charge in [-0.05, 0) is 25.7 Å². The number of hydrogen-bond donors (Lipinski definition) is 1. The van der Waals surface area contributed by atoms with Gasteiger partial charge in [-0.25, -0.2) is 0 Å². The van der Waals surface area contributed by atoms with Gasteiger partial charge in [0.05, 0.1) is 17.9 Å². The third-order valence-electron chi connectivity index (χ3n) is 4.81. The number of rotatable bonds is 9. The van der Waals surface area contributed by atoms with Gasteiger partial charge in [0, 0.05) is 0 Å². The van der Waals surface area contributed by atoms with Crippen LogP contribution in [0.3, 0.4) is 0 Å². The van der Waals surface area contributed by atoms with Crippen LogP contribution in [0.2, 0.25) is 0 Å². The van der Waals surface area contributed by atoms with Gasteiger partial charge < -0.3 is 9.84 Å². The number of ether oxygens (including phenoxy) is 1. The molecule has 3 atom stereocenters. The maximum Gasteiger partial charge on any atom is 0.313 e. The molecule has 22 heavy (non-hydrogen) atoms. The average molecular weight is 310 g/mol. The van der Waals surface area contributed by atoms with Crippen molar-refractivity contribution in [1.29, 1.82) is 0 Å². The van der Waals surface area contributed by atoms with E-state index in [9.17, 15) is 14.7 Å². The molecule has 0 amide bonds. The summed E-state index contributed by atoms with van der Waals surface area (Å²) in [6.45, 7) is 6.25. The summed E-state index contributed by atoms with van der Waals surface area (Å²) in [6.07, 6.45) is 10.9. The third-order valence-corrected chi connectivity index (χ3v) is 4.81. The van der Waals surface area contributed by atoms with Gasteiger partial charge in [-0.15, -0.1) is 0 Å². The Bertz CT molecular complexity index is 402. The fourth-order valence-electron chi connectivity index (χ4n) is 2.80. The van der Waals surface area contributed by atoms with E-state index in [1.54, 1.807) is 19.1 Å². The first-order valence-electron chi connectivity index (χ1n) is 8.51. The predicted octanol–water partition coefficient (Wildman–Crippen LogP) is 4.19. The van der Waals surface area contributed by atoms with E-state index in [2.05, 4.69) is 6.92 Å². The summed E-state index contributed by atoms with van der Waals surface area (Å²) < 4.78 is 5.33. The molecule has 0 aliphatic heterocycles. The van der Waals surface area contributed by atoms with Crippen LogP contribution in [0.4, 0.5) is 0 Å². The zero-order valence-corrected chi connectivity index (χ0v) is 14.1. The highest BCUT2D eigenvalue weighted by atomic mass is 16.5. The van der Waals surface area contributed by atoms with Crippen LogP contribution in [-0.2, 0) is 14.3 Å². The summed E-state index contributed by atoms with van der Waals surface area (Å²) in [6, 6.07) is 0. The van der Waals surface area contributed by atoms with Gasteiger partial charge in [0.25, 0.3) is 0 Å². The Balaban J connectivity index is 2.31. The molecule has 4 heteroatoms. The number of aliphatic carboxylic acids is 1. The minimum Gasteiger partial charge on any atom is -0.481 e. The van der Waals surface area contributed by atoms with E-state index in [1.165, 1.54) is 25.7 Å². The van der Waals surface area contributed by atoms with Gasteiger partial charge in [-0.3, -0.25) is 9.59 Å². The first-order chi connectivity index (χ1) is 10.4. The molecule has 1 aliphatic carbocycles. The second-order valence-corrected chi connectivity index (χ2v) is 6.63. The van der Waals surface area contributed by atoms with Crippen molar-refractivity contribution in [1.82, 2.24) is 0 Å². The van der Waals surface area contributed by atoms with E-state index >= 15 is 0 Å². The molecule has 1 aliphatic rings. The number of unbranched alkanes of at least 4 members (excludes halogenated alkanes) is 5. The Labute approximate surface area is 133 Å². The molecule has 0 aromatic carbocycles. The van der Waals surface area contributed by atoms with E-state index in [1.807, 2.05) is 6.92 Å². The molecule has 4 nitrogen and oxygen atoms in total. The Morgan fingerprint density at radius 2 is 1.86 bits per heavy atom. The van der Waals surface area contributed by atoms with Gasteiger partial charge in [0.15, 0.2) is 0 Å². The fraction of sp³-hybridized carbons (Fsp3) is 0.778. The van der Waals surface area contributed by atoms with Crippen LogP contribution < -0.4 is 0 Å². The van der Waals surface area contributed by atoms with Crippen LogP contribution in [0.1, 0.15) is 65.7 Å². The Morgan fingerprint density at radius 1 is 1.23 bits per heavy atom. The monoisotopic (exact) mass is 310 g/mol. The Morgan fingerprint density at radius 3 is 2.45 bits per heavy atom. The Hall–Kier alpha value is -1.32. The summed E-state index contributed by atoms with van der Waals surface area (Å²) in [5, 5.41) is 9.29. The zero-order valence-electron chi connectivity index (χ0n) is 14.1. The summed E-state index contributed by atoms with van der Waals surface area (Å²) in [5.41, 5.74) is -0.879. The molecule has 3 unspecified atom stereocenters. The van der Waals surface area contributed by atoms with Crippen molar-refractivity contribution in [2.75, 3.05) is 6.61 Å². The van der Waals surface area contributed by atoms with Gasteiger partial charge >= 0.3 is 11.9 Å². The number of carbonyl (C=O) groups is 2. The molecule has 1 N–H and O–H groups in total. The molecular formula is C18H30O4. The van der Waals surface area contributed by atoms with Crippen molar-refractivity contribution < 1.29 is 19.4 Å². The minimum atomic E-state index is -0.879. The van der Waals surface area contributed by atoms with E-state index in [0.29, 0.717) is 13.0 Å². The quantitative estimate of drug-likeness (QED) is 0.394. The van der Waals surface area contributed by atoms with Crippen molar-refractivity contribution in [3.05, 3.63) is 12.2 Å². The lowest BCUT2D eigenvalue weighted by molar-refractivity contribution is -0.152. The SMILES string of the molecule is CCCCCCCCOC(=O)C1C=CC(C)(C(=O)O)C(C)C1. The van der Waals surface area contributed by atoms with Crippen LogP contribution in [-0.4, -0.2) is 23.7 Å². The largest absolute Gasteiger partial charge is 0.481 e. The minimum absolute atomic E-state index is 0.0819. The fourth-order valence-corrected chi connectivity index (χ4v) is 2.80. The number of esters is 1. The van der Waals surface area contributed by atoms with Gasteiger partial charge in [-0.2, -0.15) is 0 Å². The smallest absolute Gasteiger partial charge is 0.313 e. The average Bonchev–Trinajstić information content (AvgIpc) is 2.48. The van der Waals surface area contributed by atoms with Crippen LogP contribution in [0, 0.1) is 17.3 Å². The third kappa shape index (κ3) is 5.15. The predicted molar refractivity (Wildman–Crippen MR) is 86.5 cm³/mol.